The molecule has 3 heterocycles. The molecule has 0 unspecified atom stereocenters. The van der Waals surface area contributed by atoms with Crippen LogP contribution in [0.1, 0.15) is 41.4 Å². The number of aromatic nitrogens is 5. The first-order valence-corrected chi connectivity index (χ1v) is 6.94. The Morgan fingerprint density at radius 3 is 2.90 bits per heavy atom. The molecule has 0 atom stereocenters. The number of nitrogens with zero attached hydrogens (tertiary/aromatic N) is 5. The summed E-state index contributed by atoms with van der Waals surface area (Å²) in [6.07, 6.45) is 7.13. The zero-order chi connectivity index (χ0) is 14.7. The molecule has 8 heteroatoms. The van der Waals surface area contributed by atoms with E-state index in [0.717, 1.165) is 37.5 Å². The number of aryl methyl sites for hydroxylation is 1. The Morgan fingerprint density at radius 2 is 2.14 bits per heavy atom. The van der Waals surface area contributed by atoms with E-state index in [4.69, 9.17) is 5.11 Å². The number of carboxylic acid groups (broad SMARTS) is 1. The van der Waals surface area contributed by atoms with Gasteiger partial charge in [0.25, 0.3) is 0 Å². The summed E-state index contributed by atoms with van der Waals surface area (Å²) in [4.78, 5) is 18.5. The van der Waals surface area contributed by atoms with Crippen molar-refractivity contribution in [1.29, 1.82) is 0 Å². The van der Waals surface area contributed by atoms with Gasteiger partial charge in [-0.2, -0.15) is 0 Å². The number of hydrogen-bond donors (Lipinski definition) is 2. The van der Waals surface area contributed by atoms with Gasteiger partial charge in [-0.1, -0.05) is 6.42 Å². The molecule has 0 fully saturated rings. The van der Waals surface area contributed by atoms with Crippen molar-refractivity contribution in [3.63, 3.8) is 0 Å². The Kier molecular flexibility index (Phi) is 3.76. The molecule has 1 aliphatic heterocycles. The summed E-state index contributed by atoms with van der Waals surface area (Å²) in [6.45, 7) is 1.44. The van der Waals surface area contributed by atoms with Gasteiger partial charge in [0.15, 0.2) is 11.5 Å². The maximum absolute atomic E-state index is 10.7. The van der Waals surface area contributed by atoms with E-state index in [1.165, 1.54) is 18.8 Å². The highest BCUT2D eigenvalue weighted by molar-refractivity contribution is 5.84. The summed E-state index contributed by atoms with van der Waals surface area (Å²) in [5, 5.41) is 20.3. The fraction of sp³-hybridized carbons (Fsp3) is 0.462. The zero-order valence-corrected chi connectivity index (χ0v) is 11.5. The van der Waals surface area contributed by atoms with Crippen molar-refractivity contribution < 1.29 is 9.90 Å². The van der Waals surface area contributed by atoms with Gasteiger partial charge in [0.1, 0.15) is 11.6 Å². The molecule has 0 spiro atoms. The Bertz CT molecular complexity index is 637. The van der Waals surface area contributed by atoms with Crippen molar-refractivity contribution in [1.82, 2.24) is 24.7 Å². The number of hydrogen-bond acceptors (Lipinski definition) is 6. The van der Waals surface area contributed by atoms with Crippen molar-refractivity contribution >= 4 is 11.8 Å². The minimum Gasteiger partial charge on any atom is -0.476 e. The third-order valence-electron chi connectivity index (χ3n) is 3.48. The van der Waals surface area contributed by atoms with E-state index in [2.05, 4.69) is 30.0 Å². The summed E-state index contributed by atoms with van der Waals surface area (Å²) in [6, 6.07) is 0. The third-order valence-corrected chi connectivity index (χ3v) is 3.48. The van der Waals surface area contributed by atoms with Crippen molar-refractivity contribution in [3.8, 4) is 0 Å². The van der Waals surface area contributed by atoms with Crippen LogP contribution in [-0.2, 0) is 19.5 Å². The molecule has 2 N–H and O–H groups in total. The van der Waals surface area contributed by atoms with Gasteiger partial charge in [-0.05, 0) is 12.8 Å². The Hall–Kier alpha value is -2.51. The molecule has 1 aliphatic rings. The molecule has 21 heavy (non-hydrogen) atoms. The maximum atomic E-state index is 10.7. The molecule has 0 saturated heterocycles. The molecule has 0 amide bonds. The summed E-state index contributed by atoms with van der Waals surface area (Å²) >= 11 is 0. The lowest BCUT2D eigenvalue weighted by atomic mass is 10.2. The van der Waals surface area contributed by atoms with Crippen LogP contribution in [0.15, 0.2) is 12.4 Å². The van der Waals surface area contributed by atoms with Crippen LogP contribution >= 0.6 is 0 Å². The number of fused-ring (bicyclic) bond motifs is 1. The van der Waals surface area contributed by atoms with Gasteiger partial charge in [-0.15, -0.1) is 10.2 Å². The smallest absolute Gasteiger partial charge is 0.356 e. The monoisotopic (exact) mass is 288 g/mol. The first-order chi connectivity index (χ1) is 10.2. The second-order valence-electron chi connectivity index (χ2n) is 4.94. The molecule has 2 aromatic heterocycles. The fourth-order valence-corrected chi connectivity index (χ4v) is 2.38. The molecule has 3 rings (SSSR count). The standard InChI is InChI=1S/C13H16N6O2/c20-13(21)9-6-15-10(7-14-9)16-8-12-18-17-11-4-2-1-3-5-19(11)12/h6-7H,1-5,8H2,(H,15,16)(H,20,21). The molecule has 0 radical (unpaired) electrons. The summed E-state index contributed by atoms with van der Waals surface area (Å²) in [5.41, 5.74) is -0.0723. The van der Waals surface area contributed by atoms with Gasteiger partial charge < -0.3 is 15.0 Å². The van der Waals surface area contributed by atoms with Crippen LogP contribution in [0.3, 0.4) is 0 Å². The molecule has 0 aromatic carbocycles. The third kappa shape index (κ3) is 2.99. The normalized spacial score (nSPS) is 14.3. The van der Waals surface area contributed by atoms with Gasteiger partial charge in [-0.25, -0.2) is 14.8 Å². The molecule has 110 valence electrons. The summed E-state index contributed by atoms with van der Waals surface area (Å²) < 4.78 is 2.15. The zero-order valence-electron chi connectivity index (χ0n) is 11.5. The van der Waals surface area contributed by atoms with Crippen LogP contribution in [0.5, 0.6) is 0 Å². The summed E-state index contributed by atoms with van der Waals surface area (Å²) in [5.74, 6) is 1.34. The number of carbonyl (C=O) groups is 1. The van der Waals surface area contributed by atoms with Crippen LogP contribution < -0.4 is 5.32 Å². The van der Waals surface area contributed by atoms with Crippen LogP contribution in [0.25, 0.3) is 0 Å². The van der Waals surface area contributed by atoms with E-state index in [0.29, 0.717) is 12.4 Å². The van der Waals surface area contributed by atoms with Gasteiger partial charge in [-0.3, -0.25) is 0 Å². The lowest BCUT2D eigenvalue weighted by Crippen LogP contribution is -2.11. The number of rotatable bonds is 4. The van der Waals surface area contributed by atoms with E-state index >= 15 is 0 Å². The topological polar surface area (TPSA) is 106 Å². The molecule has 2 aromatic rings. The molecular weight excluding hydrogens is 272 g/mol. The van der Waals surface area contributed by atoms with Gasteiger partial charge in [0.05, 0.1) is 18.9 Å². The minimum atomic E-state index is -1.09. The van der Waals surface area contributed by atoms with Crippen molar-refractivity contribution in [2.45, 2.75) is 38.8 Å². The van der Waals surface area contributed by atoms with Gasteiger partial charge in [0.2, 0.25) is 0 Å². The van der Waals surface area contributed by atoms with Crippen LogP contribution in [0.2, 0.25) is 0 Å². The number of carboxylic acids is 1. The Morgan fingerprint density at radius 1 is 1.24 bits per heavy atom. The molecule has 0 aliphatic carbocycles. The average Bonchev–Trinajstić information content (AvgIpc) is 2.72. The first kappa shape index (κ1) is 13.5. The van der Waals surface area contributed by atoms with Gasteiger partial charge >= 0.3 is 5.97 Å². The highest BCUT2D eigenvalue weighted by atomic mass is 16.4. The lowest BCUT2D eigenvalue weighted by molar-refractivity contribution is 0.0690. The van der Waals surface area contributed by atoms with Crippen LogP contribution in [0.4, 0.5) is 5.82 Å². The predicted molar refractivity (Wildman–Crippen MR) is 73.9 cm³/mol. The second-order valence-corrected chi connectivity index (χ2v) is 4.94. The first-order valence-electron chi connectivity index (χ1n) is 6.94. The largest absolute Gasteiger partial charge is 0.476 e. The molecule has 8 nitrogen and oxygen atoms in total. The predicted octanol–water partition coefficient (Wildman–Crippen LogP) is 1.10. The summed E-state index contributed by atoms with van der Waals surface area (Å²) in [7, 11) is 0. The molecule has 0 saturated carbocycles. The van der Waals surface area contributed by atoms with E-state index < -0.39 is 5.97 Å². The number of aromatic carboxylic acids is 1. The van der Waals surface area contributed by atoms with E-state index in [-0.39, 0.29) is 5.69 Å². The van der Waals surface area contributed by atoms with Crippen LogP contribution in [0, 0.1) is 0 Å². The van der Waals surface area contributed by atoms with Crippen molar-refractivity contribution in [2.24, 2.45) is 0 Å². The highest BCUT2D eigenvalue weighted by Crippen LogP contribution is 2.15. The van der Waals surface area contributed by atoms with Gasteiger partial charge in [0, 0.05) is 13.0 Å². The Balaban J connectivity index is 1.67. The second kappa shape index (κ2) is 5.86. The Labute approximate surface area is 121 Å². The van der Waals surface area contributed by atoms with E-state index in [1.54, 1.807) is 0 Å². The number of anilines is 1. The quantitative estimate of drug-likeness (QED) is 0.867. The maximum Gasteiger partial charge on any atom is 0.356 e. The average molecular weight is 288 g/mol. The minimum absolute atomic E-state index is 0.0723. The molecule has 0 bridgehead atoms. The lowest BCUT2D eigenvalue weighted by Gasteiger charge is -2.08. The highest BCUT2D eigenvalue weighted by Gasteiger charge is 2.14. The van der Waals surface area contributed by atoms with Crippen LogP contribution in [-0.4, -0.2) is 35.8 Å². The molecular formula is C13H16N6O2. The number of nitrogens with one attached hydrogen (secondary N) is 1. The van der Waals surface area contributed by atoms with Crippen molar-refractivity contribution in [3.05, 3.63) is 29.7 Å². The van der Waals surface area contributed by atoms with E-state index in [1.807, 2.05) is 0 Å². The SMILES string of the molecule is O=C(O)c1cnc(NCc2nnc3n2CCCCC3)cn1. The fourth-order valence-electron chi connectivity index (χ4n) is 2.38. The van der Waals surface area contributed by atoms with E-state index in [9.17, 15) is 4.79 Å². The van der Waals surface area contributed by atoms with Crippen molar-refractivity contribution in [2.75, 3.05) is 5.32 Å².